The van der Waals surface area contributed by atoms with Crippen molar-refractivity contribution in [3.63, 3.8) is 0 Å². The largest absolute Gasteiger partial charge is 0.378 e. The summed E-state index contributed by atoms with van der Waals surface area (Å²) < 4.78 is 29.4. The number of ether oxygens (including phenoxy) is 1. The van der Waals surface area contributed by atoms with Gasteiger partial charge in [-0.1, -0.05) is 0 Å². The van der Waals surface area contributed by atoms with Crippen LogP contribution < -0.4 is 14.9 Å². The van der Waals surface area contributed by atoms with Gasteiger partial charge in [0.05, 0.1) is 19.5 Å². The predicted octanol–water partition coefficient (Wildman–Crippen LogP) is -0.526. The van der Waals surface area contributed by atoms with Gasteiger partial charge in [-0.3, -0.25) is 4.79 Å². The number of morpholine rings is 1. The lowest BCUT2D eigenvalue weighted by atomic mass is 10.2. The molecule has 0 aliphatic carbocycles. The van der Waals surface area contributed by atoms with E-state index < -0.39 is 10.0 Å². The highest BCUT2D eigenvalue weighted by Gasteiger charge is 2.12. The van der Waals surface area contributed by atoms with Crippen LogP contribution in [0.25, 0.3) is 0 Å². The fraction of sp³-hybridized carbons (Fsp3) is 0.571. The van der Waals surface area contributed by atoms with Crippen LogP contribution in [-0.4, -0.2) is 58.4 Å². The van der Waals surface area contributed by atoms with Gasteiger partial charge in [-0.2, -0.15) is 0 Å². The highest BCUT2D eigenvalue weighted by atomic mass is 32.2. The Hall–Kier alpha value is -1.71. The topological polar surface area (TPSA) is 101 Å². The second-order valence-electron chi connectivity index (χ2n) is 5.31. The lowest BCUT2D eigenvalue weighted by Crippen LogP contribution is -2.36. The van der Waals surface area contributed by atoms with Gasteiger partial charge in [0, 0.05) is 38.8 Å². The second-order valence-corrected chi connectivity index (χ2v) is 7.15. The van der Waals surface area contributed by atoms with Crippen LogP contribution >= 0.6 is 0 Å². The lowest BCUT2D eigenvalue weighted by Gasteiger charge is -2.28. The number of nitrogens with zero attached hydrogens (tertiary/aromatic N) is 2. The Labute approximate surface area is 136 Å². The van der Waals surface area contributed by atoms with Gasteiger partial charge in [0.2, 0.25) is 15.9 Å². The minimum atomic E-state index is -3.26. The van der Waals surface area contributed by atoms with E-state index in [1.807, 2.05) is 12.1 Å². The zero-order valence-electron chi connectivity index (χ0n) is 13.1. The van der Waals surface area contributed by atoms with Gasteiger partial charge in [-0.25, -0.2) is 18.1 Å². The molecule has 0 aromatic carbocycles. The Balaban J connectivity index is 1.80. The third-order valence-electron chi connectivity index (χ3n) is 3.35. The Kier molecular flexibility index (Phi) is 6.31. The van der Waals surface area contributed by atoms with Crippen LogP contribution in [0.1, 0.15) is 12.0 Å². The Morgan fingerprint density at radius 2 is 2.13 bits per heavy atom. The Morgan fingerprint density at radius 3 is 2.83 bits per heavy atom. The molecule has 1 aliphatic heterocycles. The minimum Gasteiger partial charge on any atom is -0.378 e. The highest BCUT2D eigenvalue weighted by Crippen LogP contribution is 2.14. The number of hydrogen-bond donors (Lipinski definition) is 2. The first-order chi connectivity index (χ1) is 10.9. The molecule has 2 N–H and O–H groups in total. The molecule has 1 saturated heterocycles. The standard InChI is InChI=1S/C14H22N4O4S/c1-23(20,21)17-5-3-14(19)16-11-12-2-4-15-13(10-12)18-6-8-22-9-7-18/h2,4,10,17H,3,5-9,11H2,1H3,(H,16,19). The molecule has 23 heavy (non-hydrogen) atoms. The second kappa shape index (κ2) is 8.23. The first-order valence-electron chi connectivity index (χ1n) is 7.43. The number of hydrogen-bond acceptors (Lipinski definition) is 6. The molecule has 0 saturated carbocycles. The molecule has 0 radical (unpaired) electrons. The van der Waals surface area contributed by atoms with Crippen molar-refractivity contribution in [3.05, 3.63) is 23.9 Å². The number of sulfonamides is 1. The van der Waals surface area contributed by atoms with Gasteiger partial charge >= 0.3 is 0 Å². The molecule has 2 heterocycles. The monoisotopic (exact) mass is 342 g/mol. The van der Waals surface area contributed by atoms with Gasteiger partial charge in [-0.15, -0.1) is 0 Å². The van der Waals surface area contributed by atoms with Crippen molar-refractivity contribution in [2.75, 3.05) is 44.0 Å². The normalized spacial score (nSPS) is 15.4. The number of carbonyl (C=O) groups is 1. The van der Waals surface area contributed by atoms with Gasteiger partial charge < -0.3 is 15.0 Å². The van der Waals surface area contributed by atoms with Crippen LogP contribution in [0.15, 0.2) is 18.3 Å². The molecule has 8 nitrogen and oxygen atoms in total. The summed E-state index contributed by atoms with van der Waals surface area (Å²) in [6, 6.07) is 3.79. The van der Waals surface area contributed by atoms with E-state index in [2.05, 4.69) is 19.9 Å². The first kappa shape index (κ1) is 17.6. The van der Waals surface area contributed by atoms with Crippen molar-refractivity contribution in [2.24, 2.45) is 0 Å². The van der Waals surface area contributed by atoms with Crippen LogP contribution in [-0.2, 0) is 26.1 Å². The number of aromatic nitrogens is 1. The number of pyridine rings is 1. The predicted molar refractivity (Wildman–Crippen MR) is 86.6 cm³/mol. The molecule has 2 rings (SSSR count). The molecular formula is C14H22N4O4S. The molecule has 1 amide bonds. The summed E-state index contributed by atoms with van der Waals surface area (Å²) in [5.74, 6) is 0.671. The number of rotatable bonds is 7. The molecule has 9 heteroatoms. The molecule has 1 aliphatic rings. The molecule has 1 aromatic heterocycles. The first-order valence-corrected chi connectivity index (χ1v) is 9.32. The Morgan fingerprint density at radius 1 is 1.39 bits per heavy atom. The maximum atomic E-state index is 11.7. The quantitative estimate of drug-likeness (QED) is 0.691. The summed E-state index contributed by atoms with van der Waals surface area (Å²) in [6.07, 6.45) is 2.89. The Bertz CT molecular complexity index is 629. The number of nitrogens with one attached hydrogen (secondary N) is 2. The van der Waals surface area contributed by atoms with Crippen LogP contribution in [0.3, 0.4) is 0 Å². The summed E-state index contributed by atoms with van der Waals surface area (Å²) in [5.41, 5.74) is 0.950. The van der Waals surface area contributed by atoms with Gasteiger partial charge in [-0.05, 0) is 17.7 Å². The fourth-order valence-corrected chi connectivity index (χ4v) is 2.65. The molecular weight excluding hydrogens is 320 g/mol. The maximum Gasteiger partial charge on any atom is 0.221 e. The summed E-state index contributed by atoms with van der Waals surface area (Å²) in [6.45, 7) is 3.48. The van der Waals surface area contributed by atoms with E-state index in [0.29, 0.717) is 19.8 Å². The molecule has 1 aromatic rings. The zero-order chi connectivity index (χ0) is 16.7. The third kappa shape index (κ3) is 6.51. The van der Waals surface area contributed by atoms with E-state index in [0.717, 1.165) is 30.7 Å². The van der Waals surface area contributed by atoms with E-state index in [1.54, 1.807) is 6.20 Å². The van der Waals surface area contributed by atoms with Crippen molar-refractivity contribution in [3.8, 4) is 0 Å². The maximum absolute atomic E-state index is 11.7. The molecule has 128 valence electrons. The van der Waals surface area contributed by atoms with E-state index in [-0.39, 0.29) is 18.9 Å². The van der Waals surface area contributed by atoms with Gasteiger partial charge in [0.1, 0.15) is 5.82 Å². The number of amides is 1. The van der Waals surface area contributed by atoms with E-state index >= 15 is 0 Å². The van der Waals surface area contributed by atoms with Crippen LogP contribution in [0.2, 0.25) is 0 Å². The summed E-state index contributed by atoms with van der Waals surface area (Å²) in [4.78, 5) is 18.2. The van der Waals surface area contributed by atoms with Crippen LogP contribution in [0.5, 0.6) is 0 Å². The fourth-order valence-electron chi connectivity index (χ4n) is 2.17. The highest BCUT2D eigenvalue weighted by molar-refractivity contribution is 7.88. The molecule has 0 atom stereocenters. The smallest absolute Gasteiger partial charge is 0.221 e. The van der Waals surface area contributed by atoms with Crippen molar-refractivity contribution in [1.29, 1.82) is 0 Å². The summed E-state index contributed by atoms with van der Waals surface area (Å²) in [5, 5.41) is 2.77. The van der Waals surface area contributed by atoms with Crippen LogP contribution in [0.4, 0.5) is 5.82 Å². The summed E-state index contributed by atoms with van der Waals surface area (Å²) in [7, 11) is -3.26. The average Bonchev–Trinajstić information content (AvgIpc) is 2.53. The zero-order valence-corrected chi connectivity index (χ0v) is 13.9. The summed E-state index contributed by atoms with van der Waals surface area (Å²) >= 11 is 0. The van der Waals surface area contributed by atoms with Crippen molar-refractivity contribution >= 4 is 21.7 Å². The lowest BCUT2D eigenvalue weighted by molar-refractivity contribution is -0.121. The van der Waals surface area contributed by atoms with E-state index in [1.165, 1.54) is 0 Å². The third-order valence-corrected chi connectivity index (χ3v) is 4.08. The van der Waals surface area contributed by atoms with Crippen molar-refractivity contribution < 1.29 is 17.9 Å². The van der Waals surface area contributed by atoms with Crippen molar-refractivity contribution in [2.45, 2.75) is 13.0 Å². The number of carbonyl (C=O) groups excluding carboxylic acids is 1. The molecule has 0 spiro atoms. The number of anilines is 1. The molecule has 0 bridgehead atoms. The van der Waals surface area contributed by atoms with Gasteiger partial charge in [0.25, 0.3) is 0 Å². The minimum absolute atomic E-state index is 0.0973. The average molecular weight is 342 g/mol. The van der Waals surface area contributed by atoms with E-state index in [4.69, 9.17) is 4.74 Å². The van der Waals surface area contributed by atoms with Crippen LogP contribution in [0, 0.1) is 0 Å². The van der Waals surface area contributed by atoms with Crippen molar-refractivity contribution in [1.82, 2.24) is 15.0 Å². The van der Waals surface area contributed by atoms with Gasteiger partial charge in [0.15, 0.2) is 0 Å². The SMILES string of the molecule is CS(=O)(=O)NCCC(=O)NCc1ccnc(N2CCOCC2)c1. The molecule has 1 fully saturated rings. The molecule has 0 unspecified atom stereocenters. The van der Waals surface area contributed by atoms with E-state index in [9.17, 15) is 13.2 Å².